The third kappa shape index (κ3) is 3.07. The van der Waals surface area contributed by atoms with E-state index in [0.29, 0.717) is 24.3 Å². The number of anilines is 1. The fourth-order valence-electron chi connectivity index (χ4n) is 3.36. The first-order valence-corrected chi connectivity index (χ1v) is 8.65. The van der Waals surface area contributed by atoms with Gasteiger partial charge in [-0.25, -0.2) is 14.3 Å². The van der Waals surface area contributed by atoms with Gasteiger partial charge in [0.25, 0.3) is 0 Å². The Labute approximate surface area is 157 Å². The molecule has 1 fully saturated rings. The monoisotopic (exact) mass is 385 g/mol. The van der Waals surface area contributed by atoms with Gasteiger partial charge in [0, 0.05) is 13.1 Å². The summed E-state index contributed by atoms with van der Waals surface area (Å²) in [6, 6.07) is 10.2. The Hall–Kier alpha value is -3.41. The molecule has 0 atom stereocenters. The summed E-state index contributed by atoms with van der Waals surface area (Å²) in [6.45, 7) is 1.35. The minimum absolute atomic E-state index is 0.133. The molecule has 1 aliphatic rings. The molecule has 0 aliphatic carbocycles. The molecule has 1 saturated heterocycles. The number of alkyl halides is 3. The molecule has 9 heteroatoms. The Morgan fingerprint density at radius 1 is 1.07 bits per heavy atom. The van der Waals surface area contributed by atoms with Crippen molar-refractivity contribution in [2.24, 2.45) is 0 Å². The van der Waals surface area contributed by atoms with Crippen molar-refractivity contribution in [2.45, 2.75) is 19.0 Å². The quantitative estimate of drug-likeness (QED) is 0.677. The molecule has 3 heterocycles. The number of hydrogen-bond acceptors (Lipinski definition) is 5. The largest absolute Gasteiger partial charge is 0.433 e. The molecule has 1 aliphatic heterocycles. The predicted octanol–water partition coefficient (Wildman–Crippen LogP) is 3.27. The van der Waals surface area contributed by atoms with Gasteiger partial charge in [0.1, 0.15) is 11.5 Å². The van der Waals surface area contributed by atoms with E-state index >= 15 is 0 Å². The number of nitrogens with zero attached hydrogens (tertiary/aromatic N) is 5. The number of pyridine rings is 1. The second-order valence-electron chi connectivity index (χ2n) is 6.48. The number of fused-ring (bicyclic) bond motifs is 1. The summed E-state index contributed by atoms with van der Waals surface area (Å²) in [6.07, 6.45) is -2.81. The zero-order chi connectivity index (χ0) is 19.9. The van der Waals surface area contributed by atoms with Gasteiger partial charge in [-0.15, -0.1) is 0 Å². The number of halogens is 3. The van der Waals surface area contributed by atoms with Crippen molar-refractivity contribution >= 4 is 16.9 Å². The van der Waals surface area contributed by atoms with Crippen LogP contribution in [-0.2, 0) is 6.18 Å². The van der Waals surface area contributed by atoms with E-state index in [1.54, 1.807) is 6.07 Å². The highest BCUT2D eigenvalue weighted by Gasteiger charge is 2.33. The molecule has 142 valence electrons. The van der Waals surface area contributed by atoms with Crippen LogP contribution in [0.15, 0.2) is 41.2 Å². The van der Waals surface area contributed by atoms with E-state index in [1.165, 1.54) is 24.3 Å². The molecule has 0 amide bonds. The second kappa shape index (κ2) is 6.64. The van der Waals surface area contributed by atoms with Crippen LogP contribution < -0.4 is 10.6 Å². The molecule has 28 heavy (non-hydrogen) atoms. The van der Waals surface area contributed by atoms with Crippen LogP contribution in [0.4, 0.5) is 19.0 Å². The molecule has 0 unspecified atom stereocenters. The fourth-order valence-corrected chi connectivity index (χ4v) is 3.36. The van der Waals surface area contributed by atoms with Crippen molar-refractivity contribution < 1.29 is 13.2 Å². The lowest BCUT2D eigenvalue weighted by atomic mass is 10.2. The molecular weight excluding hydrogens is 371 g/mol. The third-order valence-electron chi connectivity index (χ3n) is 4.65. The maximum Gasteiger partial charge on any atom is 0.433 e. The summed E-state index contributed by atoms with van der Waals surface area (Å²) in [5, 5.41) is 9.46. The van der Waals surface area contributed by atoms with Gasteiger partial charge in [-0.2, -0.15) is 23.4 Å². The first-order chi connectivity index (χ1) is 13.4. The first kappa shape index (κ1) is 18.0. The Kier molecular flexibility index (Phi) is 4.26. The molecule has 2 aromatic heterocycles. The summed E-state index contributed by atoms with van der Waals surface area (Å²) in [4.78, 5) is 22.6. The zero-order valence-corrected chi connectivity index (χ0v) is 14.6. The van der Waals surface area contributed by atoms with Crippen LogP contribution in [0.25, 0.3) is 16.7 Å². The summed E-state index contributed by atoms with van der Waals surface area (Å²) >= 11 is 0. The number of benzene rings is 1. The van der Waals surface area contributed by atoms with Crippen molar-refractivity contribution in [3.05, 3.63) is 58.1 Å². The highest BCUT2D eigenvalue weighted by Crippen LogP contribution is 2.32. The SMILES string of the molecule is N#Cc1cccc(-n2c(=O)nc(N3CCCC3)c3ccc(C(F)(F)F)nc32)c1. The van der Waals surface area contributed by atoms with Gasteiger partial charge in [-0.05, 0) is 43.2 Å². The van der Waals surface area contributed by atoms with Crippen LogP contribution in [0.3, 0.4) is 0 Å². The highest BCUT2D eigenvalue weighted by atomic mass is 19.4. The molecule has 1 aromatic carbocycles. The number of aromatic nitrogens is 3. The molecule has 0 bridgehead atoms. The Bertz CT molecular complexity index is 1160. The first-order valence-electron chi connectivity index (χ1n) is 8.65. The van der Waals surface area contributed by atoms with Crippen LogP contribution >= 0.6 is 0 Å². The summed E-state index contributed by atoms with van der Waals surface area (Å²) in [5.41, 5.74) is -1.46. The standard InChI is InChI=1S/C19H14F3N5O/c20-19(21,22)15-7-6-14-16(26-8-1-2-9-26)25-18(28)27(17(14)24-15)13-5-3-4-12(10-13)11-23/h3-7,10H,1-2,8-9H2. The molecular formula is C19H14F3N5O. The highest BCUT2D eigenvalue weighted by molar-refractivity contribution is 5.88. The average Bonchev–Trinajstić information content (AvgIpc) is 3.21. The lowest BCUT2D eigenvalue weighted by Gasteiger charge is -2.20. The van der Waals surface area contributed by atoms with E-state index in [-0.39, 0.29) is 16.9 Å². The van der Waals surface area contributed by atoms with E-state index in [0.717, 1.165) is 23.5 Å². The zero-order valence-electron chi connectivity index (χ0n) is 14.6. The van der Waals surface area contributed by atoms with Gasteiger partial charge in [-0.1, -0.05) is 6.07 Å². The number of nitriles is 1. The van der Waals surface area contributed by atoms with Crippen molar-refractivity contribution in [3.63, 3.8) is 0 Å². The molecule has 0 N–H and O–H groups in total. The molecule has 0 spiro atoms. The normalized spacial score (nSPS) is 14.4. The second-order valence-corrected chi connectivity index (χ2v) is 6.48. The van der Waals surface area contributed by atoms with Crippen molar-refractivity contribution in [2.75, 3.05) is 18.0 Å². The topological polar surface area (TPSA) is 74.8 Å². The van der Waals surface area contributed by atoms with Gasteiger partial charge < -0.3 is 4.90 Å². The van der Waals surface area contributed by atoms with Gasteiger partial charge in [0.2, 0.25) is 0 Å². The molecule has 4 rings (SSSR count). The number of hydrogen-bond donors (Lipinski definition) is 0. The van der Waals surface area contributed by atoms with E-state index in [2.05, 4.69) is 9.97 Å². The number of rotatable bonds is 2. The maximum atomic E-state index is 13.3. The summed E-state index contributed by atoms with van der Waals surface area (Å²) in [7, 11) is 0. The van der Waals surface area contributed by atoms with E-state index in [1.807, 2.05) is 11.0 Å². The van der Waals surface area contributed by atoms with Crippen LogP contribution in [0.5, 0.6) is 0 Å². The van der Waals surface area contributed by atoms with E-state index in [4.69, 9.17) is 5.26 Å². The smallest absolute Gasteiger partial charge is 0.356 e. The van der Waals surface area contributed by atoms with Crippen LogP contribution in [0.1, 0.15) is 24.1 Å². The van der Waals surface area contributed by atoms with Gasteiger partial charge >= 0.3 is 11.9 Å². The molecule has 3 aromatic rings. The van der Waals surface area contributed by atoms with Crippen molar-refractivity contribution in [1.82, 2.24) is 14.5 Å². The third-order valence-corrected chi connectivity index (χ3v) is 4.65. The minimum atomic E-state index is -4.65. The van der Waals surface area contributed by atoms with Crippen LogP contribution in [0, 0.1) is 11.3 Å². The lowest BCUT2D eigenvalue weighted by molar-refractivity contribution is -0.141. The fraction of sp³-hybridized carbons (Fsp3) is 0.263. The van der Waals surface area contributed by atoms with Gasteiger partial charge in [0.15, 0.2) is 5.65 Å². The van der Waals surface area contributed by atoms with E-state index in [9.17, 15) is 18.0 Å². The van der Waals surface area contributed by atoms with Crippen LogP contribution in [-0.4, -0.2) is 27.6 Å². The van der Waals surface area contributed by atoms with Gasteiger partial charge in [0.05, 0.1) is 22.7 Å². The Balaban J connectivity index is 2.05. The van der Waals surface area contributed by atoms with E-state index < -0.39 is 17.6 Å². The maximum absolute atomic E-state index is 13.3. The summed E-state index contributed by atoms with van der Waals surface area (Å²) in [5.74, 6) is 0.339. The summed E-state index contributed by atoms with van der Waals surface area (Å²) < 4.78 is 40.8. The molecule has 6 nitrogen and oxygen atoms in total. The lowest BCUT2D eigenvalue weighted by Crippen LogP contribution is -2.29. The van der Waals surface area contributed by atoms with Gasteiger partial charge in [-0.3, -0.25) is 0 Å². The minimum Gasteiger partial charge on any atom is -0.356 e. The predicted molar refractivity (Wildman–Crippen MR) is 96.3 cm³/mol. The van der Waals surface area contributed by atoms with Crippen molar-refractivity contribution in [1.29, 1.82) is 5.26 Å². The van der Waals surface area contributed by atoms with Crippen molar-refractivity contribution in [3.8, 4) is 11.8 Å². The van der Waals surface area contributed by atoms with Crippen LogP contribution in [0.2, 0.25) is 0 Å². The molecule has 0 radical (unpaired) electrons. The Morgan fingerprint density at radius 2 is 1.82 bits per heavy atom. The Morgan fingerprint density at radius 3 is 2.50 bits per heavy atom. The molecule has 0 saturated carbocycles. The average molecular weight is 385 g/mol.